The van der Waals surface area contributed by atoms with E-state index in [2.05, 4.69) is 23.5 Å². The Bertz CT molecular complexity index is 936. The van der Waals surface area contributed by atoms with Crippen LogP contribution in [-0.4, -0.2) is 22.2 Å². The first-order valence-electron chi connectivity index (χ1n) is 8.78. The van der Waals surface area contributed by atoms with Crippen molar-refractivity contribution in [2.45, 2.75) is 11.6 Å². The van der Waals surface area contributed by atoms with Gasteiger partial charge in [0.25, 0.3) is 0 Å². The largest absolute Gasteiger partial charge is 0.378 e. The number of aromatic nitrogens is 1. The molecule has 1 amide bonds. The molecule has 0 bridgehead atoms. The number of hydrogen-bond acceptors (Lipinski definition) is 4. The van der Waals surface area contributed by atoms with Crippen molar-refractivity contribution in [2.24, 2.45) is 0 Å². The molecule has 1 aromatic heterocycles. The van der Waals surface area contributed by atoms with Crippen molar-refractivity contribution in [3.8, 4) is 0 Å². The Balaban J connectivity index is 2.66. The Kier molecular flexibility index (Phi) is 7.51. The minimum absolute atomic E-state index is 0.219. The molecule has 0 saturated carbocycles. The molecular weight excluding hydrogens is 369 g/mol. The van der Waals surface area contributed by atoms with Crippen LogP contribution < -0.4 is 5.32 Å². The topological polar surface area (TPSA) is 86.1 Å². The first-order chi connectivity index (χ1) is 13.9. The van der Waals surface area contributed by atoms with Gasteiger partial charge in [0.2, 0.25) is 5.91 Å². The fraction of sp³-hybridized carbons (Fsp3) is 0.0870. The van der Waals surface area contributed by atoms with E-state index in [1.807, 2.05) is 0 Å². The third-order valence-electron chi connectivity index (χ3n) is 4.28. The number of benzene rings is 1. The number of nitrogens with one attached hydrogen (secondary N) is 2. The van der Waals surface area contributed by atoms with E-state index in [-0.39, 0.29) is 5.57 Å². The second kappa shape index (κ2) is 10.1. The van der Waals surface area contributed by atoms with Crippen molar-refractivity contribution in [3.05, 3.63) is 115 Å². The molecule has 0 aliphatic rings. The lowest BCUT2D eigenvalue weighted by molar-refractivity contribution is -0.119. The summed E-state index contributed by atoms with van der Waals surface area (Å²) >= 11 is 0. The van der Waals surface area contributed by atoms with Crippen LogP contribution in [0, 0.1) is 11.2 Å². The van der Waals surface area contributed by atoms with Gasteiger partial charge < -0.3 is 15.8 Å². The summed E-state index contributed by atoms with van der Waals surface area (Å²) in [6.07, 6.45) is 11.1. The summed E-state index contributed by atoms with van der Waals surface area (Å²) in [7, 11) is 0. The molecule has 29 heavy (non-hydrogen) atoms. The third kappa shape index (κ3) is 5.21. The number of hydrogen-bond donors (Lipinski definition) is 3. The van der Waals surface area contributed by atoms with Crippen LogP contribution >= 0.6 is 0 Å². The number of allylic oxidation sites excluding steroid dienone is 3. The molecule has 1 heterocycles. The van der Waals surface area contributed by atoms with Crippen LogP contribution in [0.1, 0.15) is 17.2 Å². The monoisotopic (exact) mass is 391 g/mol. The van der Waals surface area contributed by atoms with Gasteiger partial charge in [-0.15, -0.1) is 0 Å². The summed E-state index contributed by atoms with van der Waals surface area (Å²) < 4.78 is 13.5. The van der Waals surface area contributed by atoms with E-state index in [1.54, 1.807) is 18.3 Å². The number of aliphatic hydroxyl groups is 1. The highest BCUT2D eigenvalue weighted by Gasteiger charge is 2.42. The van der Waals surface area contributed by atoms with Crippen LogP contribution in [0.2, 0.25) is 0 Å². The average molecular weight is 391 g/mol. The van der Waals surface area contributed by atoms with Gasteiger partial charge in [0, 0.05) is 30.2 Å². The number of halogens is 1. The van der Waals surface area contributed by atoms with Crippen LogP contribution in [0.3, 0.4) is 0 Å². The average Bonchev–Trinajstić information content (AvgIpc) is 2.75. The van der Waals surface area contributed by atoms with Crippen LogP contribution in [0.5, 0.6) is 0 Å². The van der Waals surface area contributed by atoms with Crippen molar-refractivity contribution in [1.29, 1.82) is 5.41 Å². The number of nitrogens with zero attached hydrogens (tertiary/aromatic N) is 1. The molecule has 2 unspecified atom stereocenters. The minimum Gasteiger partial charge on any atom is -0.378 e. The fourth-order valence-electron chi connectivity index (χ4n) is 2.85. The quantitative estimate of drug-likeness (QED) is 0.346. The lowest BCUT2D eigenvalue weighted by atomic mass is 9.77. The van der Waals surface area contributed by atoms with Gasteiger partial charge in [-0.05, 0) is 35.4 Å². The molecule has 0 aliphatic carbocycles. The predicted molar refractivity (Wildman–Crippen MR) is 112 cm³/mol. The molecule has 0 fully saturated rings. The van der Waals surface area contributed by atoms with Gasteiger partial charge in [-0.25, -0.2) is 4.39 Å². The Labute approximate surface area is 169 Å². The number of amides is 1. The van der Waals surface area contributed by atoms with Crippen molar-refractivity contribution in [3.63, 3.8) is 0 Å². The molecule has 6 heteroatoms. The van der Waals surface area contributed by atoms with Crippen LogP contribution in [0.4, 0.5) is 4.39 Å². The van der Waals surface area contributed by atoms with E-state index in [1.165, 1.54) is 60.8 Å². The maximum Gasteiger partial charge on any atom is 0.244 e. The van der Waals surface area contributed by atoms with E-state index in [9.17, 15) is 14.3 Å². The third-order valence-corrected chi connectivity index (χ3v) is 4.28. The summed E-state index contributed by atoms with van der Waals surface area (Å²) in [6.45, 7) is 7.47. The molecule has 0 spiro atoms. The maximum absolute atomic E-state index is 13.5. The van der Waals surface area contributed by atoms with Crippen molar-refractivity contribution < 1.29 is 14.3 Å². The Morgan fingerprint density at radius 2 is 1.97 bits per heavy atom. The lowest BCUT2D eigenvalue weighted by Crippen LogP contribution is -2.44. The summed E-state index contributed by atoms with van der Waals surface area (Å²) in [5.41, 5.74) is -0.760. The minimum atomic E-state index is -1.82. The summed E-state index contributed by atoms with van der Waals surface area (Å²) in [5.74, 6) is -0.928. The molecule has 148 valence electrons. The molecule has 2 rings (SSSR count). The second-order valence-electron chi connectivity index (χ2n) is 6.15. The molecule has 3 N–H and O–H groups in total. The van der Waals surface area contributed by atoms with Gasteiger partial charge in [0.05, 0.1) is 6.04 Å². The normalized spacial score (nSPS) is 14.3. The van der Waals surface area contributed by atoms with E-state index >= 15 is 0 Å². The van der Waals surface area contributed by atoms with Gasteiger partial charge in [-0.3, -0.25) is 9.78 Å². The van der Waals surface area contributed by atoms with Gasteiger partial charge in [0.15, 0.2) is 0 Å². The zero-order chi connectivity index (χ0) is 21.3. The van der Waals surface area contributed by atoms with Crippen molar-refractivity contribution in [1.82, 2.24) is 10.3 Å². The molecule has 1 aromatic carbocycles. The van der Waals surface area contributed by atoms with Crippen LogP contribution in [0.25, 0.3) is 0 Å². The first-order valence-corrected chi connectivity index (χ1v) is 8.78. The van der Waals surface area contributed by atoms with Crippen LogP contribution in [0.15, 0.2) is 97.9 Å². The first kappa shape index (κ1) is 21.7. The maximum atomic E-state index is 13.5. The molecular formula is C23H22FN3O2. The van der Waals surface area contributed by atoms with Crippen molar-refractivity contribution in [2.75, 3.05) is 0 Å². The standard InChI is InChI=1S/C23H22FN3O2/c1-3-4-9-21(28)27-22(18-10-12-20(24)13-11-18)23(29,17(2)7-5-14-25)19-8-6-15-26-16-19/h3-16,22,25,29H,1-2H2,(H,27,28)/b7-5-,9-4-,25-14?. The van der Waals surface area contributed by atoms with Crippen molar-refractivity contribution >= 4 is 12.1 Å². The van der Waals surface area contributed by atoms with Gasteiger partial charge in [-0.1, -0.05) is 49.6 Å². The Morgan fingerprint density at radius 3 is 2.55 bits per heavy atom. The highest BCUT2D eigenvalue weighted by atomic mass is 19.1. The fourth-order valence-corrected chi connectivity index (χ4v) is 2.85. The van der Waals surface area contributed by atoms with E-state index in [0.717, 1.165) is 6.21 Å². The van der Waals surface area contributed by atoms with Gasteiger partial charge in [0.1, 0.15) is 11.4 Å². The number of rotatable bonds is 9. The highest BCUT2D eigenvalue weighted by Crippen LogP contribution is 2.41. The smallest absolute Gasteiger partial charge is 0.244 e. The predicted octanol–water partition coefficient (Wildman–Crippen LogP) is 3.77. The van der Waals surface area contributed by atoms with Gasteiger partial charge >= 0.3 is 0 Å². The number of carbonyl (C=O) groups excluding carboxylic acids is 1. The molecule has 2 atom stereocenters. The molecule has 0 saturated heterocycles. The molecule has 0 aliphatic heterocycles. The molecule has 0 radical (unpaired) electrons. The summed E-state index contributed by atoms with van der Waals surface area (Å²) in [4.78, 5) is 16.5. The van der Waals surface area contributed by atoms with Crippen LogP contribution in [-0.2, 0) is 10.4 Å². The Morgan fingerprint density at radius 1 is 1.24 bits per heavy atom. The summed E-state index contributed by atoms with van der Waals surface area (Å²) in [5, 5.41) is 21.8. The van der Waals surface area contributed by atoms with E-state index in [0.29, 0.717) is 11.1 Å². The lowest BCUT2D eigenvalue weighted by Gasteiger charge is -2.38. The number of carbonyl (C=O) groups is 1. The van der Waals surface area contributed by atoms with E-state index < -0.39 is 23.4 Å². The molecule has 2 aromatic rings. The van der Waals surface area contributed by atoms with Gasteiger partial charge in [-0.2, -0.15) is 0 Å². The highest BCUT2D eigenvalue weighted by molar-refractivity contribution is 5.88. The SMILES string of the molecule is C=C/C=C\C(=O)NC(c1ccc(F)cc1)C(O)(C(=C)/C=C\C=N)c1cccnc1. The zero-order valence-corrected chi connectivity index (χ0v) is 15.8. The Hall–Kier alpha value is -3.64. The molecule has 5 nitrogen and oxygen atoms in total. The van der Waals surface area contributed by atoms with E-state index in [4.69, 9.17) is 5.41 Å². The second-order valence-corrected chi connectivity index (χ2v) is 6.15. The zero-order valence-electron chi connectivity index (χ0n) is 15.8. The number of pyridine rings is 1. The summed E-state index contributed by atoms with van der Waals surface area (Å²) in [6, 6.07) is 7.73.